The van der Waals surface area contributed by atoms with Crippen molar-refractivity contribution in [2.45, 2.75) is 6.92 Å². The molecule has 4 nitrogen and oxygen atoms in total. The summed E-state index contributed by atoms with van der Waals surface area (Å²) in [6.45, 7) is 5.72. The van der Waals surface area contributed by atoms with Crippen LogP contribution in [0.25, 0.3) is 0 Å². The van der Waals surface area contributed by atoms with E-state index < -0.39 is 0 Å². The van der Waals surface area contributed by atoms with E-state index in [-0.39, 0.29) is 0 Å². The number of rotatable bonds is 2. The standard InChI is InChI=1S/C6H10N2.C4H9NO/c1-6(2-4-7)3-5-8;1-3-6-4-2-5-1/h2-5,7H,8H2,1H3;5H,1-4H2/b5-3+,6-2-,7-4?;. The van der Waals surface area contributed by atoms with E-state index in [1.54, 1.807) is 12.2 Å². The first-order chi connectivity index (χ1) is 6.81. The number of hydrogen-bond acceptors (Lipinski definition) is 4. The number of nitrogens with two attached hydrogens (primary N) is 1. The molecule has 0 aromatic carbocycles. The average Bonchev–Trinajstić information content (AvgIpc) is 2.22. The predicted octanol–water partition coefficient (Wildman–Crippen LogP) is 0.661. The largest absolute Gasteiger partial charge is 0.405 e. The molecular formula is C10H19N3O. The van der Waals surface area contributed by atoms with E-state index in [2.05, 4.69) is 5.32 Å². The molecule has 0 spiro atoms. The highest BCUT2D eigenvalue weighted by Gasteiger charge is 1.92. The van der Waals surface area contributed by atoms with Gasteiger partial charge in [0.25, 0.3) is 0 Å². The maximum Gasteiger partial charge on any atom is 0.0591 e. The zero-order valence-electron chi connectivity index (χ0n) is 8.62. The number of ether oxygens (including phenoxy) is 1. The number of nitrogens with one attached hydrogen (secondary N) is 2. The molecule has 80 valence electrons. The molecule has 1 aliphatic heterocycles. The Morgan fingerprint density at radius 1 is 1.43 bits per heavy atom. The van der Waals surface area contributed by atoms with E-state index in [1.165, 1.54) is 12.4 Å². The lowest BCUT2D eigenvalue weighted by molar-refractivity contribution is 0.109. The van der Waals surface area contributed by atoms with Gasteiger partial charge in [-0.3, -0.25) is 0 Å². The Morgan fingerprint density at radius 3 is 2.36 bits per heavy atom. The molecule has 0 radical (unpaired) electrons. The molecule has 0 bridgehead atoms. The second-order valence-corrected chi connectivity index (χ2v) is 2.80. The normalized spacial score (nSPS) is 17.4. The van der Waals surface area contributed by atoms with Crippen molar-refractivity contribution in [3.05, 3.63) is 23.9 Å². The van der Waals surface area contributed by atoms with Crippen LogP contribution >= 0.6 is 0 Å². The van der Waals surface area contributed by atoms with Gasteiger partial charge in [-0.25, -0.2) is 0 Å². The maximum absolute atomic E-state index is 6.64. The summed E-state index contributed by atoms with van der Waals surface area (Å²) in [5.41, 5.74) is 6.05. The van der Waals surface area contributed by atoms with Gasteiger partial charge in [0.2, 0.25) is 0 Å². The smallest absolute Gasteiger partial charge is 0.0591 e. The van der Waals surface area contributed by atoms with Crippen LogP contribution in [0.15, 0.2) is 23.9 Å². The van der Waals surface area contributed by atoms with Gasteiger partial charge in [0.05, 0.1) is 13.2 Å². The fourth-order valence-corrected chi connectivity index (χ4v) is 0.855. The van der Waals surface area contributed by atoms with Crippen molar-refractivity contribution in [1.29, 1.82) is 5.41 Å². The summed E-state index contributed by atoms with van der Waals surface area (Å²) < 4.78 is 5.01. The topological polar surface area (TPSA) is 71.1 Å². The molecule has 4 heteroatoms. The maximum atomic E-state index is 6.64. The lowest BCUT2D eigenvalue weighted by Gasteiger charge is -2.10. The molecule has 1 heterocycles. The van der Waals surface area contributed by atoms with Crippen molar-refractivity contribution in [2.24, 2.45) is 5.73 Å². The monoisotopic (exact) mass is 197 g/mol. The average molecular weight is 197 g/mol. The lowest BCUT2D eigenvalue weighted by atomic mass is 10.3. The van der Waals surface area contributed by atoms with Crippen LogP contribution in [0.4, 0.5) is 0 Å². The van der Waals surface area contributed by atoms with Crippen molar-refractivity contribution in [2.75, 3.05) is 26.3 Å². The van der Waals surface area contributed by atoms with Crippen LogP contribution in [-0.2, 0) is 4.74 Å². The van der Waals surface area contributed by atoms with Crippen molar-refractivity contribution >= 4 is 6.21 Å². The number of hydrogen-bond donors (Lipinski definition) is 3. The Hall–Kier alpha value is -1.13. The van der Waals surface area contributed by atoms with Gasteiger partial charge in [-0.05, 0) is 30.8 Å². The zero-order chi connectivity index (χ0) is 10.6. The van der Waals surface area contributed by atoms with E-state index in [1.807, 2.05) is 6.92 Å². The molecule has 0 unspecified atom stereocenters. The first-order valence-corrected chi connectivity index (χ1v) is 4.65. The Bertz CT molecular complexity index is 184. The van der Waals surface area contributed by atoms with Gasteiger partial charge in [-0.2, -0.15) is 0 Å². The molecule has 0 aromatic heterocycles. The van der Waals surface area contributed by atoms with Gasteiger partial charge >= 0.3 is 0 Å². The van der Waals surface area contributed by atoms with Crippen molar-refractivity contribution < 1.29 is 4.74 Å². The number of allylic oxidation sites excluding steroid dienone is 3. The second kappa shape index (κ2) is 9.95. The quantitative estimate of drug-likeness (QED) is 0.450. The van der Waals surface area contributed by atoms with E-state index in [0.29, 0.717) is 0 Å². The van der Waals surface area contributed by atoms with Crippen LogP contribution in [0.5, 0.6) is 0 Å². The summed E-state index contributed by atoms with van der Waals surface area (Å²) in [7, 11) is 0. The molecule has 1 aliphatic rings. The summed E-state index contributed by atoms with van der Waals surface area (Å²) in [6.07, 6.45) is 6.10. The highest BCUT2D eigenvalue weighted by atomic mass is 16.5. The Labute approximate surface area is 85.3 Å². The fourth-order valence-electron chi connectivity index (χ4n) is 0.855. The van der Waals surface area contributed by atoms with Crippen LogP contribution < -0.4 is 11.1 Å². The minimum Gasteiger partial charge on any atom is -0.405 e. The van der Waals surface area contributed by atoms with E-state index in [9.17, 15) is 0 Å². The fraction of sp³-hybridized carbons (Fsp3) is 0.500. The zero-order valence-corrected chi connectivity index (χ0v) is 8.62. The van der Waals surface area contributed by atoms with E-state index in [0.717, 1.165) is 31.9 Å². The third-order valence-corrected chi connectivity index (χ3v) is 1.55. The van der Waals surface area contributed by atoms with E-state index >= 15 is 0 Å². The number of morpholine rings is 1. The molecule has 14 heavy (non-hydrogen) atoms. The van der Waals surface area contributed by atoms with Gasteiger partial charge < -0.3 is 21.2 Å². The predicted molar refractivity (Wildman–Crippen MR) is 59.6 cm³/mol. The Morgan fingerprint density at radius 2 is 2.07 bits per heavy atom. The summed E-state index contributed by atoms with van der Waals surface area (Å²) in [4.78, 5) is 0. The van der Waals surface area contributed by atoms with Crippen LogP contribution in [0.2, 0.25) is 0 Å². The summed E-state index contributed by atoms with van der Waals surface area (Å²) in [6, 6.07) is 0. The third kappa shape index (κ3) is 8.96. The van der Waals surface area contributed by atoms with Gasteiger partial charge in [-0.1, -0.05) is 0 Å². The molecule has 0 amide bonds. The summed E-state index contributed by atoms with van der Waals surface area (Å²) in [5.74, 6) is 0. The Kier molecular flexibility index (Phi) is 9.15. The van der Waals surface area contributed by atoms with Gasteiger partial charge in [0, 0.05) is 19.3 Å². The second-order valence-electron chi connectivity index (χ2n) is 2.80. The summed E-state index contributed by atoms with van der Waals surface area (Å²) in [5, 5.41) is 9.80. The molecular weight excluding hydrogens is 178 g/mol. The molecule has 0 aromatic rings. The van der Waals surface area contributed by atoms with E-state index in [4.69, 9.17) is 15.9 Å². The van der Waals surface area contributed by atoms with Gasteiger partial charge in [-0.15, -0.1) is 0 Å². The first kappa shape index (κ1) is 12.9. The van der Waals surface area contributed by atoms with Crippen molar-refractivity contribution in [3.8, 4) is 0 Å². The van der Waals surface area contributed by atoms with Gasteiger partial charge in [0.1, 0.15) is 0 Å². The van der Waals surface area contributed by atoms with Crippen LogP contribution in [0.1, 0.15) is 6.92 Å². The van der Waals surface area contributed by atoms with Crippen molar-refractivity contribution in [3.63, 3.8) is 0 Å². The summed E-state index contributed by atoms with van der Waals surface area (Å²) >= 11 is 0. The SMILES string of the molecule is C1COCCN1.CC(=C/C=N)/C=C/N. The molecule has 1 saturated heterocycles. The molecule has 0 aliphatic carbocycles. The minimum absolute atomic E-state index is 0.889. The highest BCUT2D eigenvalue weighted by Crippen LogP contribution is 1.88. The van der Waals surface area contributed by atoms with Crippen molar-refractivity contribution in [1.82, 2.24) is 5.32 Å². The van der Waals surface area contributed by atoms with Crippen LogP contribution in [0.3, 0.4) is 0 Å². The Balaban J connectivity index is 0.000000249. The van der Waals surface area contributed by atoms with Gasteiger partial charge in [0.15, 0.2) is 0 Å². The minimum atomic E-state index is 0.889. The van der Waals surface area contributed by atoms with Crippen LogP contribution in [-0.4, -0.2) is 32.5 Å². The molecule has 4 N–H and O–H groups in total. The lowest BCUT2D eigenvalue weighted by Crippen LogP contribution is -2.30. The molecule has 1 fully saturated rings. The highest BCUT2D eigenvalue weighted by molar-refractivity contribution is 5.69. The third-order valence-electron chi connectivity index (χ3n) is 1.55. The molecule has 1 rings (SSSR count). The first-order valence-electron chi connectivity index (χ1n) is 4.65. The molecule has 0 atom stereocenters. The molecule has 0 saturated carbocycles. The van der Waals surface area contributed by atoms with Crippen LogP contribution in [0, 0.1) is 5.41 Å².